The van der Waals surface area contributed by atoms with Crippen LogP contribution < -0.4 is 19.6 Å². The van der Waals surface area contributed by atoms with Gasteiger partial charge in [0.15, 0.2) is 0 Å². The van der Waals surface area contributed by atoms with Gasteiger partial charge in [0.2, 0.25) is 0 Å². The molecule has 0 saturated heterocycles. The van der Waals surface area contributed by atoms with Crippen LogP contribution in [0.4, 0.5) is 0 Å². The van der Waals surface area contributed by atoms with Gasteiger partial charge < -0.3 is 0 Å². The zero-order valence-corrected chi connectivity index (χ0v) is 21.2. The fraction of sp³-hybridized carbons (Fsp3) is 0.364. The molecule has 2 aromatic carbocycles. The summed E-state index contributed by atoms with van der Waals surface area (Å²) in [5.74, 6) is 0.558. The van der Waals surface area contributed by atoms with Crippen molar-refractivity contribution in [3.05, 3.63) is 54.1 Å². The molecule has 0 aliphatic rings. The average molecular weight is 475 g/mol. The normalized spacial score (nSPS) is 12.9. The number of nitrogens with zero attached hydrogens (tertiary/aromatic N) is 1. The average Bonchev–Trinajstić information content (AvgIpc) is 2.65. The zero-order chi connectivity index (χ0) is 21.6. The van der Waals surface area contributed by atoms with E-state index in [0.717, 1.165) is 15.7 Å². The van der Waals surface area contributed by atoms with Gasteiger partial charge in [-0.1, -0.05) is 0 Å². The van der Waals surface area contributed by atoms with E-state index in [4.69, 9.17) is 4.74 Å². The van der Waals surface area contributed by atoms with Gasteiger partial charge in [-0.25, -0.2) is 0 Å². The molecule has 0 radical (unpaired) electrons. The van der Waals surface area contributed by atoms with Gasteiger partial charge in [0.25, 0.3) is 0 Å². The van der Waals surface area contributed by atoms with Gasteiger partial charge in [-0.15, -0.1) is 0 Å². The van der Waals surface area contributed by atoms with Crippen molar-refractivity contribution in [1.82, 2.24) is 10.2 Å². The van der Waals surface area contributed by atoms with Crippen LogP contribution in [-0.2, 0) is 9.59 Å². The molecule has 2 rings (SSSR count). The number of rotatable bonds is 9. The third kappa shape index (κ3) is 7.14. The monoisotopic (exact) mass is 474 g/mol. The van der Waals surface area contributed by atoms with Gasteiger partial charge in [-0.3, -0.25) is 0 Å². The molecule has 0 aliphatic heterocycles. The first-order valence-corrected chi connectivity index (χ1v) is 15.2. The Kier molecular flexibility index (Phi) is 8.26. The molecule has 1 amide bonds. The number of carbonyl (C=O) groups excluding carboxylic acids is 2. The van der Waals surface area contributed by atoms with Gasteiger partial charge in [-0.2, -0.15) is 0 Å². The molecule has 0 fully saturated rings. The van der Waals surface area contributed by atoms with Gasteiger partial charge in [0.1, 0.15) is 0 Å². The molecule has 1 N–H and O–H groups in total. The first-order valence-electron chi connectivity index (χ1n) is 9.59. The fourth-order valence-electron chi connectivity index (χ4n) is 2.86. The Labute approximate surface area is 181 Å². The molecule has 0 bridgehead atoms. The molecule has 0 saturated carbocycles. The molecule has 29 heavy (non-hydrogen) atoms. The van der Waals surface area contributed by atoms with Crippen LogP contribution in [0.3, 0.4) is 0 Å². The molecule has 2 aromatic rings. The fourth-order valence-corrected chi connectivity index (χ4v) is 6.13. The Balaban J connectivity index is 2.21. The van der Waals surface area contributed by atoms with E-state index in [1.54, 1.807) is 12.0 Å². The van der Waals surface area contributed by atoms with Gasteiger partial charge in [0, 0.05) is 0 Å². The van der Waals surface area contributed by atoms with Crippen LogP contribution in [0.5, 0.6) is 5.75 Å². The number of amides is 1. The van der Waals surface area contributed by atoms with Crippen LogP contribution in [0.15, 0.2) is 48.5 Å². The summed E-state index contributed by atoms with van der Waals surface area (Å²) in [5.41, 5.74) is 0.783. The first kappa shape index (κ1) is 23.4. The molecule has 2 unspecified atom stereocenters. The molecule has 0 aliphatic carbocycles. The van der Waals surface area contributed by atoms with Crippen molar-refractivity contribution >= 4 is 43.8 Å². The SMILES string of the molecule is COc1ccc(C(NC(=O)CN(C)C)C(=O)[AsH]c2ccc([Si](C)(C)C)cc2)cc1. The number of hydrogen-bond acceptors (Lipinski definition) is 4. The minimum absolute atomic E-state index is 0.0861. The standard InChI is InChI=1S/C22H31AsN2O3Si/c1-25(2)15-20(26)24-21(16-7-11-18(28-3)12-8-16)22(27)23-17-9-13-19(14-10-17)29(4,5)6/h7-14,21,23H,15H2,1-6H3,(H,24,26). The first-order chi connectivity index (χ1) is 13.6. The van der Waals surface area contributed by atoms with E-state index in [1.807, 2.05) is 38.4 Å². The van der Waals surface area contributed by atoms with E-state index in [2.05, 4.69) is 49.2 Å². The summed E-state index contributed by atoms with van der Waals surface area (Å²) in [4.78, 5) is 27.3. The summed E-state index contributed by atoms with van der Waals surface area (Å²) in [6, 6.07) is 15.2. The van der Waals surface area contributed by atoms with Crippen LogP contribution >= 0.6 is 0 Å². The summed E-state index contributed by atoms with van der Waals surface area (Å²) >= 11 is -1.06. The number of likely N-dealkylation sites (N-methyl/N-ethyl adjacent to an activating group) is 1. The van der Waals surface area contributed by atoms with E-state index in [1.165, 1.54) is 5.19 Å². The second-order valence-corrected chi connectivity index (χ2v) is 16.2. The Morgan fingerprint density at radius 1 is 1.03 bits per heavy atom. The van der Waals surface area contributed by atoms with Crippen molar-refractivity contribution in [2.75, 3.05) is 27.7 Å². The van der Waals surface area contributed by atoms with Crippen LogP contribution in [0.2, 0.25) is 19.6 Å². The molecule has 0 heterocycles. The molecule has 156 valence electrons. The minimum atomic E-state index is -1.36. The summed E-state index contributed by atoms with van der Waals surface area (Å²) in [7, 11) is 3.90. The number of ether oxygens (including phenoxy) is 1. The van der Waals surface area contributed by atoms with Crippen molar-refractivity contribution in [1.29, 1.82) is 0 Å². The van der Waals surface area contributed by atoms with E-state index in [0.29, 0.717) is 0 Å². The summed E-state index contributed by atoms with van der Waals surface area (Å²) < 4.78 is 6.38. The Morgan fingerprint density at radius 2 is 1.62 bits per heavy atom. The van der Waals surface area contributed by atoms with Gasteiger partial charge in [0.05, 0.1) is 0 Å². The van der Waals surface area contributed by atoms with E-state index in [-0.39, 0.29) is 17.0 Å². The summed E-state index contributed by atoms with van der Waals surface area (Å²) in [5, 5.41) is 4.31. The molecule has 2 atom stereocenters. The Hall–Kier alpha value is -1.88. The topological polar surface area (TPSA) is 58.6 Å². The number of methoxy groups -OCH3 is 1. The van der Waals surface area contributed by atoms with E-state index >= 15 is 0 Å². The van der Waals surface area contributed by atoms with Crippen LogP contribution in [0.25, 0.3) is 0 Å². The summed E-state index contributed by atoms with van der Waals surface area (Å²) in [6.07, 6.45) is 0. The maximum atomic E-state index is 13.2. The maximum absolute atomic E-state index is 13.2. The zero-order valence-electron chi connectivity index (χ0n) is 18.1. The molecular formula is C22H31AsN2O3Si. The second kappa shape index (κ2) is 10.2. The number of benzene rings is 2. The second-order valence-electron chi connectivity index (χ2n) is 8.33. The van der Waals surface area contributed by atoms with Crippen molar-refractivity contribution in [3.8, 4) is 5.75 Å². The molecule has 5 nitrogen and oxygen atoms in total. The number of nitrogens with one attached hydrogen (secondary N) is 1. The Morgan fingerprint density at radius 3 is 2.10 bits per heavy atom. The third-order valence-electron chi connectivity index (χ3n) is 4.49. The van der Waals surface area contributed by atoms with Crippen molar-refractivity contribution < 1.29 is 14.3 Å². The van der Waals surface area contributed by atoms with Gasteiger partial charge >= 0.3 is 182 Å². The molecule has 7 heteroatoms. The molecule has 0 aromatic heterocycles. The number of carbonyl (C=O) groups is 2. The van der Waals surface area contributed by atoms with Crippen LogP contribution in [0, 0.1) is 0 Å². The van der Waals surface area contributed by atoms with E-state index in [9.17, 15) is 9.59 Å². The Bertz CT molecular complexity index is 831. The summed E-state index contributed by atoms with van der Waals surface area (Å²) in [6.45, 7) is 7.17. The van der Waals surface area contributed by atoms with Crippen LogP contribution in [-0.4, -0.2) is 67.0 Å². The predicted molar refractivity (Wildman–Crippen MR) is 124 cm³/mol. The van der Waals surface area contributed by atoms with Crippen molar-refractivity contribution in [2.24, 2.45) is 0 Å². The molecule has 0 spiro atoms. The van der Waals surface area contributed by atoms with Crippen molar-refractivity contribution in [3.63, 3.8) is 0 Å². The van der Waals surface area contributed by atoms with Crippen molar-refractivity contribution in [2.45, 2.75) is 25.7 Å². The molecular weight excluding hydrogens is 443 g/mol. The van der Waals surface area contributed by atoms with Gasteiger partial charge in [-0.05, 0) is 0 Å². The predicted octanol–water partition coefficient (Wildman–Crippen LogP) is 1.25. The third-order valence-corrected chi connectivity index (χ3v) is 8.99. The quantitative estimate of drug-likeness (QED) is 0.556. The van der Waals surface area contributed by atoms with E-state index < -0.39 is 29.9 Å². The van der Waals surface area contributed by atoms with Crippen LogP contribution in [0.1, 0.15) is 11.6 Å². The number of hydrogen-bond donors (Lipinski definition) is 1.